The second-order valence-electron chi connectivity index (χ2n) is 5.63. The number of aliphatic carboxylic acids is 1. The molecule has 2 atom stereocenters. The molecule has 21 heavy (non-hydrogen) atoms. The molecule has 116 valence electrons. The molecule has 0 aliphatic carbocycles. The summed E-state index contributed by atoms with van der Waals surface area (Å²) in [6.45, 7) is 5.68. The Balaban J connectivity index is 2.58. The molecular weight excluding hydrogens is 268 g/mol. The Morgan fingerprint density at radius 1 is 1.29 bits per heavy atom. The van der Waals surface area contributed by atoms with Crippen LogP contribution in [0.25, 0.3) is 0 Å². The number of amides is 1. The molecule has 1 amide bonds. The molecule has 0 aliphatic rings. The van der Waals surface area contributed by atoms with Crippen LogP contribution in [-0.4, -0.2) is 23.0 Å². The molecule has 0 saturated heterocycles. The van der Waals surface area contributed by atoms with Gasteiger partial charge in [0.2, 0.25) is 0 Å². The number of anilines is 1. The molecule has 0 spiro atoms. The monoisotopic (exact) mass is 292 g/mol. The van der Waals surface area contributed by atoms with Gasteiger partial charge < -0.3 is 16.2 Å². The van der Waals surface area contributed by atoms with Crippen LogP contribution >= 0.6 is 0 Å². The van der Waals surface area contributed by atoms with Crippen LogP contribution in [-0.2, 0) is 4.79 Å². The van der Waals surface area contributed by atoms with Crippen molar-refractivity contribution in [3.05, 3.63) is 29.3 Å². The summed E-state index contributed by atoms with van der Waals surface area (Å²) < 4.78 is 0. The zero-order chi connectivity index (χ0) is 16.0. The van der Waals surface area contributed by atoms with E-state index in [-0.39, 0.29) is 12.0 Å². The highest BCUT2D eigenvalue weighted by Crippen LogP contribution is 2.20. The number of carbonyl (C=O) groups is 2. The van der Waals surface area contributed by atoms with Gasteiger partial charge in [0, 0.05) is 11.7 Å². The Morgan fingerprint density at radius 3 is 2.52 bits per heavy atom. The highest BCUT2D eigenvalue weighted by molar-refractivity contribution is 5.98. The lowest BCUT2D eigenvalue weighted by Crippen LogP contribution is -2.20. The predicted molar refractivity (Wildman–Crippen MR) is 83.4 cm³/mol. The Morgan fingerprint density at radius 2 is 1.95 bits per heavy atom. The van der Waals surface area contributed by atoms with Crippen molar-refractivity contribution in [2.75, 3.05) is 5.32 Å². The van der Waals surface area contributed by atoms with Gasteiger partial charge in [-0.1, -0.05) is 19.4 Å². The minimum absolute atomic E-state index is 0.144. The normalized spacial score (nSPS) is 13.5. The molecule has 5 nitrogen and oxygen atoms in total. The van der Waals surface area contributed by atoms with E-state index in [0.717, 1.165) is 24.1 Å². The number of carboxylic acid groups (broad SMARTS) is 1. The number of primary amides is 1. The molecule has 0 fully saturated rings. The van der Waals surface area contributed by atoms with Gasteiger partial charge in [-0.3, -0.25) is 9.59 Å². The summed E-state index contributed by atoms with van der Waals surface area (Å²) in [5, 5.41) is 12.1. The second kappa shape index (κ2) is 7.67. The number of benzene rings is 1. The molecule has 5 heteroatoms. The smallest absolute Gasteiger partial charge is 0.306 e. The lowest BCUT2D eigenvalue weighted by atomic mass is 10.0. The van der Waals surface area contributed by atoms with Gasteiger partial charge >= 0.3 is 5.97 Å². The van der Waals surface area contributed by atoms with Crippen molar-refractivity contribution in [3.8, 4) is 0 Å². The number of rotatable bonds is 8. The van der Waals surface area contributed by atoms with E-state index in [1.807, 2.05) is 26.0 Å². The molecule has 1 aromatic rings. The first-order valence-corrected chi connectivity index (χ1v) is 7.21. The maximum Gasteiger partial charge on any atom is 0.306 e. The second-order valence-corrected chi connectivity index (χ2v) is 5.63. The SMILES string of the molecule is Cc1ccc(C(N)=O)c(NC(C)CCCC(C)C(=O)O)c1. The molecule has 0 bridgehead atoms. The first-order valence-electron chi connectivity index (χ1n) is 7.21. The Bertz CT molecular complexity index is 514. The molecule has 4 N–H and O–H groups in total. The van der Waals surface area contributed by atoms with Gasteiger partial charge in [-0.05, 0) is 44.4 Å². The topological polar surface area (TPSA) is 92.4 Å². The average Bonchev–Trinajstić information content (AvgIpc) is 2.37. The number of nitrogens with one attached hydrogen (secondary N) is 1. The number of hydrogen-bond donors (Lipinski definition) is 3. The van der Waals surface area contributed by atoms with Gasteiger partial charge in [0.25, 0.3) is 5.91 Å². The summed E-state index contributed by atoms with van der Waals surface area (Å²) in [5.41, 5.74) is 7.63. The van der Waals surface area contributed by atoms with Crippen LogP contribution in [0, 0.1) is 12.8 Å². The van der Waals surface area contributed by atoms with Crippen LogP contribution in [0.1, 0.15) is 49.0 Å². The summed E-state index contributed by atoms with van der Waals surface area (Å²) >= 11 is 0. The lowest BCUT2D eigenvalue weighted by molar-refractivity contribution is -0.141. The number of carbonyl (C=O) groups excluding carboxylic acids is 1. The zero-order valence-corrected chi connectivity index (χ0v) is 12.8. The fourth-order valence-electron chi connectivity index (χ4n) is 2.18. The molecule has 0 aliphatic heterocycles. The zero-order valence-electron chi connectivity index (χ0n) is 12.8. The third-order valence-electron chi connectivity index (χ3n) is 3.54. The fraction of sp³-hybridized carbons (Fsp3) is 0.500. The van der Waals surface area contributed by atoms with Crippen molar-refractivity contribution < 1.29 is 14.7 Å². The molecule has 0 saturated carbocycles. The van der Waals surface area contributed by atoms with Gasteiger partial charge in [-0.2, -0.15) is 0 Å². The first kappa shape index (κ1) is 17.0. The Labute approximate surface area is 125 Å². The molecule has 0 radical (unpaired) electrons. The Kier molecular flexibility index (Phi) is 6.21. The van der Waals surface area contributed by atoms with Gasteiger partial charge in [0.1, 0.15) is 0 Å². The minimum atomic E-state index is -0.759. The van der Waals surface area contributed by atoms with Crippen molar-refractivity contribution in [1.29, 1.82) is 0 Å². The van der Waals surface area contributed by atoms with Crippen molar-refractivity contribution in [1.82, 2.24) is 0 Å². The largest absolute Gasteiger partial charge is 0.481 e. The molecule has 0 aromatic heterocycles. The molecule has 2 unspecified atom stereocenters. The molecule has 0 heterocycles. The third-order valence-corrected chi connectivity index (χ3v) is 3.54. The van der Waals surface area contributed by atoms with Gasteiger partial charge in [-0.15, -0.1) is 0 Å². The molecule has 1 aromatic carbocycles. The van der Waals surface area contributed by atoms with Crippen LogP contribution in [0.4, 0.5) is 5.69 Å². The lowest BCUT2D eigenvalue weighted by Gasteiger charge is -2.18. The van der Waals surface area contributed by atoms with Crippen molar-refractivity contribution in [2.24, 2.45) is 11.7 Å². The van der Waals surface area contributed by atoms with Gasteiger partial charge in [-0.25, -0.2) is 0 Å². The maximum absolute atomic E-state index is 11.4. The summed E-state index contributed by atoms with van der Waals surface area (Å²) in [7, 11) is 0. The van der Waals surface area contributed by atoms with Crippen molar-refractivity contribution in [2.45, 2.75) is 46.1 Å². The summed E-state index contributed by atoms with van der Waals surface area (Å²) in [4.78, 5) is 22.2. The van der Waals surface area contributed by atoms with Crippen LogP contribution in [0.3, 0.4) is 0 Å². The fourth-order valence-corrected chi connectivity index (χ4v) is 2.18. The predicted octanol–water partition coefficient (Wildman–Crippen LogP) is 2.79. The summed E-state index contributed by atoms with van der Waals surface area (Å²) in [6.07, 6.45) is 2.31. The van der Waals surface area contributed by atoms with Crippen molar-refractivity contribution >= 4 is 17.6 Å². The summed E-state index contributed by atoms with van der Waals surface area (Å²) in [6, 6.07) is 5.62. The van der Waals surface area contributed by atoms with E-state index in [0.29, 0.717) is 12.0 Å². The van der Waals surface area contributed by atoms with Crippen LogP contribution in [0.2, 0.25) is 0 Å². The van der Waals surface area contributed by atoms with Crippen molar-refractivity contribution in [3.63, 3.8) is 0 Å². The molecule has 1 rings (SSSR count). The quantitative estimate of drug-likeness (QED) is 0.687. The van der Waals surface area contributed by atoms with Gasteiger partial charge in [0.15, 0.2) is 0 Å². The van der Waals surface area contributed by atoms with E-state index < -0.39 is 11.9 Å². The highest BCUT2D eigenvalue weighted by atomic mass is 16.4. The maximum atomic E-state index is 11.4. The first-order chi connectivity index (χ1) is 9.81. The van der Waals surface area contributed by atoms with E-state index in [1.165, 1.54) is 0 Å². The van der Waals surface area contributed by atoms with E-state index in [9.17, 15) is 9.59 Å². The van der Waals surface area contributed by atoms with E-state index in [4.69, 9.17) is 10.8 Å². The standard InChI is InChI=1S/C16H24N2O3/c1-10-7-8-13(15(17)19)14(9-10)18-12(3)6-4-5-11(2)16(20)21/h7-9,11-12,18H,4-6H2,1-3H3,(H2,17,19)(H,20,21). The third kappa shape index (κ3) is 5.45. The van der Waals surface area contributed by atoms with Gasteiger partial charge in [0.05, 0.1) is 11.5 Å². The van der Waals surface area contributed by atoms with Crippen LogP contribution in [0.15, 0.2) is 18.2 Å². The van der Waals surface area contributed by atoms with E-state index >= 15 is 0 Å². The number of hydrogen-bond acceptors (Lipinski definition) is 3. The van der Waals surface area contributed by atoms with Crippen LogP contribution < -0.4 is 11.1 Å². The summed E-state index contributed by atoms with van der Waals surface area (Å²) in [5.74, 6) is -1.54. The number of nitrogens with two attached hydrogens (primary N) is 1. The number of aryl methyl sites for hydroxylation is 1. The molecular formula is C16H24N2O3. The van der Waals surface area contributed by atoms with Crippen LogP contribution in [0.5, 0.6) is 0 Å². The highest BCUT2D eigenvalue weighted by Gasteiger charge is 2.13. The van der Waals surface area contributed by atoms with E-state index in [2.05, 4.69) is 5.32 Å². The van der Waals surface area contributed by atoms with E-state index in [1.54, 1.807) is 13.0 Å². The minimum Gasteiger partial charge on any atom is -0.481 e. The average molecular weight is 292 g/mol. The Hall–Kier alpha value is -2.04. The number of carboxylic acids is 1.